The van der Waals surface area contributed by atoms with Gasteiger partial charge in [0.15, 0.2) is 5.78 Å². The predicted octanol–water partition coefficient (Wildman–Crippen LogP) is 2.47. The average molecular weight is 290 g/mol. The smallest absolute Gasteiger partial charge is 0.178 e. The van der Waals surface area contributed by atoms with Crippen LogP contribution in [0.15, 0.2) is 42.5 Å². The number of fused-ring (bicyclic) bond motifs is 1. The Hall–Kier alpha value is -3.00. The van der Waals surface area contributed by atoms with E-state index in [-0.39, 0.29) is 5.78 Å². The number of ketones is 1. The molecule has 0 aliphatic heterocycles. The van der Waals surface area contributed by atoms with Crippen molar-refractivity contribution in [2.45, 2.75) is 19.9 Å². The zero-order valence-electron chi connectivity index (χ0n) is 12.2. The Bertz CT molecular complexity index is 853. The summed E-state index contributed by atoms with van der Waals surface area (Å²) in [5, 5.41) is 8.74. The number of pyridine rings is 1. The molecule has 22 heavy (non-hydrogen) atoms. The molecule has 2 heterocycles. The first-order chi connectivity index (χ1) is 10.7. The standard InChI is InChI=1S/C17H14N4O/c1-13(22)15-11-6-8-14(18-15)7-4-5-12-21-19-16-9-2-3-10-17(16)20-21/h2-3,6,8-11H,5,12H2,1H3. The quantitative estimate of drug-likeness (QED) is 0.549. The van der Waals surface area contributed by atoms with Crippen molar-refractivity contribution in [2.24, 2.45) is 0 Å². The first-order valence-corrected chi connectivity index (χ1v) is 6.99. The zero-order chi connectivity index (χ0) is 15.4. The molecule has 108 valence electrons. The molecule has 5 heteroatoms. The van der Waals surface area contributed by atoms with Crippen molar-refractivity contribution in [3.8, 4) is 11.8 Å². The molecular weight excluding hydrogens is 276 g/mol. The van der Waals surface area contributed by atoms with Gasteiger partial charge in [-0.15, -0.1) is 0 Å². The molecule has 0 bridgehead atoms. The highest BCUT2D eigenvalue weighted by atomic mass is 16.1. The maximum atomic E-state index is 11.3. The number of carbonyl (C=O) groups excluding carboxylic acids is 1. The molecule has 3 rings (SSSR count). The van der Waals surface area contributed by atoms with Crippen molar-refractivity contribution in [3.63, 3.8) is 0 Å². The van der Waals surface area contributed by atoms with Crippen LogP contribution in [0.3, 0.4) is 0 Å². The van der Waals surface area contributed by atoms with Crippen LogP contribution in [-0.4, -0.2) is 25.8 Å². The van der Waals surface area contributed by atoms with Gasteiger partial charge in [-0.05, 0) is 30.2 Å². The zero-order valence-corrected chi connectivity index (χ0v) is 12.2. The summed E-state index contributed by atoms with van der Waals surface area (Å²) >= 11 is 0. The van der Waals surface area contributed by atoms with Crippen molar-refractivity contribution < 1.29 is 4.79 Å². The first-order valence-electron chi connectivity index (χ1n) is 6.99. The maximum absolute atomic E-state index is 11.3. The van der Waals surface area contributed by atoms with Gasteiger partial charge in [-0.2, -0.15) is 15.0 Å². The van der Waals surface area contributed by atoms with Gasteiger partial charge in [0.2, 0.25) is 0 Å². The minimum atomic E-state index is -0.0592. The predicted molar refractivity (Wildman–Crippen MR) is 83.3 cm³/mol. The Labute approximate surface area is 128 Å². The Morgan fingerprint density at radius 1 is 1.09 bits per heavy atom. The van der Waals surface area contributed by atoms with E-state index in [0.29, 0.717) is 24.4 Å². The van der Waals surface area contributed by atoms with Gasteiger partial charge in [0.1, 0.15) is 22.4 Å². The summed E-state index contributed by atoms with van der Waals surface area (Å²) in [6.45, 7) is 2.11. The molecule has 0 fully saturated rings. The molecule has 0 atom stereocenters. The summed E-state index contributed by atoms with van der Waals surface area (Å²) in [6, 6.07) is 13.0. The second-order valence-electron chi connectivity index (χ2n) is 4.80. The highest BCUT2D eigenvalue weighted by Crippen LogP contribution is 2.07. The molecule has 0 saturated heterocycles. The summed E-state index contributed by atoms with van der Waals surface area (Å²) in [6.07, 6.45) is 0.618. The van der Waals surface area contributed by atoms with E-state index in [2.05, 4.69) is 27.0 Å². The average Bonchev–Trinajstić information content (AvgIpc) is 2.94. The van der Waals surface area contributed by atoms with Crippen molar-refractivity contribution in [3.05, 3.63) is 53.9 Å². The number of benzene rings is 1. The van der Waals surface area contributed by atoms with Gasteiger partial charge in [-0.1, -0.05) is 24.1 Å². The minimum Gasteiger partial charge on any atom is -0.293 e. The van der Waals surface area contributed by atoms with Gasteiger partial charge in [0, 0.05) is 13.3 Å². The van der Waals surface area contributed by atoms with Gasteiger partial charge in [0.25, 0.3) is 0 Å². The number of nitrogens with zero attached hydrogens (tertiary/aromatic N) is 4. The Balaban J connectivity index is 1.66. The maximum Gasteiger partial charge on any atom is 0.178 e. The molecule has 3 aromatic rings. The van der Waals surface area contributed by atoms with E-state index in [1.165, 1.54) is 6.92 Å². The molecule has 0 saturated carbocycles. The molecule has 0 aliphatic carbocycles. The Morgan fingerprint density at radius 2 is 1.82 bits per heavy atom. The van der Waals surface area contributed by atoms with Crippen molar-refractivity contribution in [1.29, 1.82) is 0 Å². The number of aromatic nitrogens is 4. The fourth-order valence-electron chi connectivity index (χ4n) is 2.01. The summed E-state index contributed by atoms with van der Waals surface area (Å²) in [5.41, 5.74) is 2.80. The number of aryl methyl sites for hydroxylation is 1. The second-order valence-corrected chi connectivity index (χ2v) is 4.80. The largest absolute Gasteiger partial charge is 0.293 e. The van der Waals surface area contributed by atoms with E-state index in [1.807, 2.05) is 24.3 Å². The number of carbonyl (C=O) groups is 1. The summed E-state index contributed by atoms with van der Waals surface area (Å²) < 4.78 is 0. The highest BCUT2D eigenvalue weighted by molar-refractivity contribution is 5.92. The summed E-state index contributed by atoms with van der Waals surface area (Å²) in [7, 11) is 0. The molecule has 2 aromatic heterocycles. The fraction of sp³-hybridized carbons (Fsp3) is 0.176. The van der Waals surface area contributed by atoms with Crippen molar-refractivity contribution >= 4 is 16.8 Å². The molecule has 5 nitrogen and oxygen atoms in total. The monoisotopic (exact) mass is 290 g/mol. The lowest BCUT2D eigenvalue weighted by molar-refractivity contribution is 0.101. The van der Waals surface area contributed by atoms with E-state index >= 15 is 0 Å². The van der Waals surface area contributed by atoms with Crippen LogP contribution in [0.1, 0.15) is 29.5 Å². The molecule has 0 aliphatic rings. The number of rotatable bonds is 3. The van der Waals surface area contributed by atoms with E-state index in [4.69, 9.17) is 0 Å². The Morgan fingerprint density at radius 3 is 2.50 bits per heavy atom. The van der Waals surface area contributed by atoms with E-state index in [9.17, 15) is 4.79 Å². The van der Waals surface area contributed by atoms with Gasteiger partial charge in [-0.3, -0.25) is 4.79 Å². The van der Waals surface area contributed by atoms with Crippen LogP contribution in [-0.2, 0) is 6.54 Å². The molecule has 0 N–H and O–H groups in total. The lowest BCUT2D eigenvalue weighted by Gasteiger charge is -1.95. The summed E-state index contributed by atoms with van der Waals surface area (Å²) in [5.74, 6) is 5.94. The first kappa shape index (κ1) is 14.0. The van der Waals surface area contributed by atoms with Crippen LogP contribution >= 0.6 is 0 Å². The molecule has 0 unspecified atom stereocenters. The van der Waals surface area contributed by atoms with Crippen LogP contribution in [0.4, 0.5) is 0 Å². The minimum absolute atomic E-state index is 0.0592. The Kier molecular flexibility index (Phi) is 3.92. The fourth-order valence-corrected chi connectivity index (χ4v) is 2.01. The highest BCUT2D eigenvalue weighted by Gasteiger charge is 2.01. The second kappa shape index (κ2) is 6.19. The van der Waals surface area contributed by atoms with Crippen LogP contribution in [0, 0.1) is 11.8 Å². The molecule has 0 amide bonds. The van der Waals surface area contributed by atoms with E-state index in [1.54, 1.807) is 23.0 Å². The van der Waals surface area contributed by atoms with Gasteiger partial charge < -0.3 is 0 Å². The van der Waals surface area contributed by atoms with Crippen LogP contribution in [0.2, 0.25) is 0 Å². The topological polar surface area (TPSA) is 60.7 Å². The van der Waals surface area contributed by atoms with E-state index in [0.717, 1.165) is 11.0 Å². The summed E-state index contributed by atoms with van der Waals surface area (Å²) in [4.78, 5) is 17.1. The molecular formula is C17H14N4O. The third-order valence-corrected chi connectivity index (χ3v) is 3.09. The third-order valence-electron chi connectivity index (χ3n) is 3.09. The molecule has 0 spiro atoms. The van der Waals surface area contributed by atoms with Crippen molar-refractivity contribution in [1.82, 2.24) is 20.0 Å². The number of Topliss-reactive ketones (excluding diaryl/α,β-unsaturated/α-hetero) is 1. The van der Waals surface area contributed by atoms with Crippen LogP contribution in [0.25, 0.3) is 11.0 Å². The molecule has 0 radical (unpaired) electrons. The van der Waals surface area contributed by atoms with Crippen molar-refractivity contribution in [2.75, 3.05) is 0 Å². The van der Waals surface area contributed by atoms with E-state index < -0.39 is 0 Å². The van der Waals surface area contributed by atoms with Gasteiger partial charge >= 0.3 is 0 Å². The molecule has 1 aromatic carbocycles. The lowest BCUT2D eigenvalue weighted by Crippen LogP contribution is -2.01. The lowest BCUT2D eigenvalue weighted by atomic mass is 10.2. The number of hydrogen-bond donors (Lipinski definition) is 0. The normalized spacial score (nSPS) is 10.2. The number of hydrogen-bond acceptors (Lipinski definition) is 4. The van der Waals surface area contributed by atoms with Crippen LogP contribution in [0.5, 0.6) is 0 Å². The van der Waals surface area contributed by atoms with Gasteiger partial charge in [-0.25, -0.2) is 4.98 Å². The van der Waals surface area contributed by atoms with Crippen LogP contribution < -0.4 is 0 Å². The van der Waals surface area contributed by atoms with Gasteiger partial charge in [0.05, 0.1) is 6.54 Å². The SMILES string of the molecule is CC(=O)c1cccc(C#CCCn2nc3ccccc3n2)n1. The third kappa shape index (κ3) is 3.18.